The van der Waals surface area contributed by atoms with Gasteiger partial charge in [0.05, 0.1) is 23.8 Å². The van der Waals surface area contributed by atoms with Gasteiger partial charge in [0.15, 0.2) is 6.61 Å². The fourth-order valence-electron chi connectivity index (χ4n) is 2.79. The highest BCUT2D eigenvalue weighted by Gasteiger charge is 2.28. The molecule has 8 nitrogen and oxygen atoms in total. The number of carbonyl (C=O) groups excluding carboxylic acids is 2. The fraction of sp³-hybridized carbons (Fsp3) is 0.263. The predicted molar refractivity (Wildman–Crippen MR) is 116 cm³/mol. The third-order valence-corrected chi connectivity index (χ3v) is 7.05. The smallest absolute Gasteiger partial charge is 0.338 e. The molecule has 1 aliphatic rings. The number of hydrogen-bond acceptors (Lipinski definition) is 6. The van der Waals surface area contributed by atoms with Crippen LogP contribution in [0.4, 0.5) is 5.69 Å². The van der Waals surface area contributed by atoms with Gasteiger partial charge >= 0.3 is 5.97 Å². The summed E-state index contributed by atoms with van der Waals surface area (Å²) in [4.78, 5) is 24.1. The summed E-state index contributed by atoms with van der Waals surface area (Å²) in [5.74, 6) is -1.45. The maximum absolute atomic E-state index is 12.9. The topological polar surface area (TPSA) is 102 Å². The summed E-state index contributed by atoms with van der Waals surface area (Å²) in [6.07, 6.45) is 0. The number of rotatable bonds is 6. The fourth-order valence-corrected chi connectivity index (χ4v) is 5.22. The number of benzene rings is 2. The number of amides is 1. The molecular weight excluding hydrogens is 491 g/mol. The molecule has 166 valence electrons. The average molecular weight is 508 g/mol. The van der Waals surface area contributed by atoms with E-state index in [0.29, 0.717) is 0 Å². The molecule has 0 radical (unpaired) electrons. The predicted octanol–water partition coefficient (Wildman–Crippen LogP) is 3.46. The minimum Gasteiger partial charge on any atom is -0.452 e. The van der Waals surface area contributed by atoms with Gasteiger partial charge in [-0.15, -0.1) is 0 Å². The third-order valence-electron chi connectivity index (χ3n) is 4.24. The minimum absolute atomic E-state index is 0.0220. The number of carbonyl (C=O) groups is 2. The van der Waals surface area contributed by atoms with Crippen molar-refractivity contribution in [1.82, 2.24) is 4.31 Å². The van der Waals surface area contributed by atoms with E-state index in [0.717, 1.165) is 0 Å². The van der Waals surface area contributed by atoms with Gasteiger partial charge in [-0.2, -0.15) is 4.31 Å². The Morgan fingerprint density at radius 3 is 2.32 bits per heavy atom. The molecule has 2 aromatic rings. The quantitative estimate of drug-likeness (QED) is 0.601. The molecule has 1 amide bonds. The molecule has 1 fully saturated rings. The summed E-state index contributed by atoms with van der Waals surface area (Å²) in [5, 5.41) is 3.00. The van der Waals surface area contributed by atoms with Crippen molar-refractivity contribution in [3.8, 4) is 0 Å². The van der Waals surface area contributed by atoms with E-state index in [1.165, 1.54) is 40.7 Å². The van der Waals surface area contributed by atoms with E-state index < -0.39 is 28.5 Å². The lowest BCUT2D eigenvalue weighted by Gasteiger charge is -2.26. The van der Waals surface area contributed by atoms with E-state index in [1.54, 1.807) is 0 Å². The Hall–Kier alpha value is -1.88. The second kappa shape index (κ2) is 10.2. The van der Waals surface area contributed by atoms with Crippen LogP contribution in [0.5, 0.6) is 0 Å². The van der Waals surface area contributed by atoms with E-state index in [4.69, 9.17) is 44.3 Å². The van der Waals surface area contributed by atoms with E-state index in [1.807, 2.05) is 0 Å². The van der Waals surface area contributed by atoms with Gasteiger partial charge in [0.1, 0.15) is 4.90 Å². The van der Waals surface area contributed by atoms with Crippen molar-refractivity contribution in [3.05, 3.63) is 57.0 Å². The highest BCUT2D eigenvalue weighted by molar-refractivity contribution is 7.89. The number of hydrogen-bond donors (Lipinski definition) is 1. The first kappa shape index (κ1) is 23.8. The van der Waals surface area contributed by atoms with Gasteiger partial charge in [-0.25, -0.2) is 13.2 Å². The second-order valence-corrected chi connectivity index (χ2v) is 9.63. The van der Waals surface area contributed by atoms with Gasteiger partial charge in [-0.3, -0.25) is 4.79 Å². The number of anilines is 1. The van der Waals surface area contributed by atoms with Crippen LogP contribution in [-0.4, -0.2) is 57.5 Å². The Morgan fingerprint density at radius 2 is 1.68 bits per heavy atom. The average Bonchev–Trinajstić information content (AvgIpc) is 2.73. The van der Waals surface area contributed by atoms with Crippen LogP contribution in [0, 0.1) is 0 Å². The van der Waals surface area contributed by atoms with E-state index in [-0.39, 0.29) is 57.5 Å². The maximum atomic E-state index is 12.9. The molecule has 12 heteroatoms. The molecule has 1 heterocycles. The van der Waals surface area contributed by atoms with Crippen molar-refractivity contribution in [1.29, 1.82) is 0 Å². The summed E-state index contributed by atoms with van der Waals surface area (Å²) in [6.45, 7) is 0.390. The van der Waals surface area contributed by atoms with Crippen molar-refractivity contribution in [2.24, 2.45) is 0 Å². The first-order valence-corrected chi connectivity index (χ1v) is 11.5. The number of nitrogens with one attached hydrogen (secondary N) is 1. The zero-order chi connectivity index (χ0) is 22.6. The molecule has 0 unspecified atom stereocenters. The highest BCUT2D eigenvalue weighted by Crippen LogP contribution is 2.28. The van der Waals surface area contributed by atoms with Crippen LogP contribution >= 0.6 is 34.8 Å². The van der Waals surface area contributed by atoms with Crippen molar-refractivity contribution in [3.63, 3.8) is 0 Å². The molecule has 0 aromatic heterocycles. The Labute approximate surface area is 194 Å². The van der Waals surface area contributed by atoms with Gasteiger partial charge in [0, 0.05) is 28.8 Å². The summed E-state index contributed by atoms with van der Waals surface area (Å²) in [7, 11) is -3.86. The Balaban J connectivity index is 1.66. The number of sulfonamides is 1. The second-order valence-electron chi connectivity index (χ2n) is 6.44. The van der Waals surface area contributed by atoms with Crippen LogP contribution in [0.15, 0.2) is 41.3 Å². The van der Waals surface area contributed by atoms with Crippen molar-refractivity contribution in [2.45, 2.75) is 4.90 Å². The summed E-state index contributed by atoms with van der Waals surface area (Å²) in [5.41, 5.74) is 0.277. The Kier molecular flexibility index (Phi) is 7.79. The molecule has 0 saturated carbocycles. The molecule has 0 aliphatic carbocycles. The zero-order valence-corrected chi connectivity index (χ0v) is 19.0. The standard InChI is InChI=1S/C19H17Cl3N2O6S/c20-13-7-12(8-14(21)9-13)19(26)30-11-18(25)23-15-1-2-16(22)17(10-15)31(27,28)24-3-5-29-6-4-24/h1-2,7-10H,3-6,11H2,(H,23,25). The highest BCUT2D eigenvalue weighted by atomic mass is 35.5. The third kappa shape index (κ3) is 6.09. The van der Waals surface area contributed by atoms with Crippen LogP contribution < -0.4 is 5.32 Å². The van der Waals surface area contributed by atoms with Gasteiger partial charge in [0.2, 0.25) is 10.0 Å². The molecule has 1 saturated heterocycles. The number of nitrogens with zero attached hydrogens (tertiary/aromatic N) is 1. The van der Waals surface area contributed by atoms with Gasteiger partial charge < -0.3 is 14.8 Å². The molecule has 0 atom stereocenters. The van der Waals surface area contributed by atoms with E-state index >= 15 is 0 Å². The Morgan fingerprint density at radius 1 is 1.03 bits per heavy atom. The maximum Gasteiger partial charge on any atom is 0.338 e. The van der Waals surface area contributed by atoms with Gasteiger partial charge in [-0.05, 0) is 36.4 Å². The van der Waals surface area contributed by atoms with E-state index in [9.17, 15) is 18.0 Å². The molecule has 3 rings (SSSR count). The lowest BCUT2D eigenvalue weighted by atomic mass is 10.2. The van der Waals surface area contributed by atoms with Crippen LogP contribution in [0.1, 0.15) is 10.4 Å². The largest absolute Gasteiger partial charge is 0.452 e. The zero-order valence-electron chi connectivity index (χ0n) is 15.9. The first-order valence-electron chi connectivity index (χ1n) is 8.97. The Bertz CT molecular complexity index is 1080. The molecule has 0 spiro atoms. The number of esters is 1. The normalized spacial score (nSPS) is 14.8. The monoisotopic (exact) mass is 506 g/mol. The van der Waals surface area contributed by atoms with Crippen LogP contribution in [0.25, 0.3) is 0 Å². The van der Waals surface area contributed by atoms with Crippen LogP contribution in [-0.2, 0) is 24.3 Å². The van der Waals surface area contributed by atoms with Crippen LogP contribution in [0.3, 0.4) is 0 Å². The van der Waals surface area contributed by atoms with E-state index in [2.05, 4.69) is 5.32 Å². The first-order chi connectivity index (χ1) is 14.7. The lowest BCUT2D eigenvalue weighted by Crippen LogP contribution is -2.40. The molecular formula is C19H17Cl3N2O6S. The minimum atomic E-state index is -3.86. The van der Waals surface area contributed by atoms with Crippen molar-refractivity contribution >= 4 is 62.4 Å². The van der Waals surface area contributed by atoms with Crippen molar-refractivity contribution in [2.75, 3.05) is 38.2 Å². The number of ether oxygens (including phenoxy) is 2. The SMILES string of the molecule is O=C(COC(=O)c1cc(Cl)cc(Cl)c1)Nc1ccc(Cl)c(S(=O)(=O)N2CCOCC2)c1. The summed E-state index contributed by atoms with van der Waals surface area (Å²) < 4.78 is 37.1. The molecule has 1 aliphatic heterocycles. The molecule has 0 bridgehead atoms. The van der Waals surface area contributed by atoms with Crippen molar-refractivity contribution < 1.29 is 27.5 Å². The molecule has 2 aromatic carbocycles. The summed E-state index contributed by atoms with van der Waals surface area (Å²) >= 11 is 17.8. The van der Waals surface area contributed by atoms with Crippen LogP contribution in [0.2, 0.25) is 15.1 Å². The lowest BCUT2D eigenvalue weighted by molar-refractivity contribution is -0.119. The molecule has 31 heavy (non-hydrogen) atoms. The number of halogens is 3. The summed E-state index contributed by atoms with van der Waals surface area (Å²) in [6, 6.07) is 8.23. The van der Waals surface area contributed by atoms with Gasteiger partial charge in [-0.1, -0.05) is 34.8 Å². The number of morpholine rings is 1. The molecule has 1 N–H and O–H groups in total. The van der Waals surface area contributed by atoms with Gasteiger partial charge in [0.25, 0.3) is 5.91 Å².